The summed E-state index contributed by atoms with van der Waals surface area (Å²) in [6.07, 6.45) is 2.42. The first-order valence-corrected chi connectivity index (χ1v) is 5.70. The second-order valence-corrected chi connectivity index (χ2v) is 4.19. The fourth-order valence-electron chi connectivity index (χ4n) is 1.54. The monoisotopic (exact) mass is 236 g/mol. The van der Waals surface area contributed by atoms with E-state index in [1.807, 2.05) is 0 Å². The van der Waals surface area contributed by atoms with Crippen LogP contribution >= 0.6 is 0 Å². The van der Waals surface area contributed by atoms with Crippen molar-refractivity contribution < 1.29 is 15.0 Å². The molecule has 1 aromatic carbocycles. The number of aromatic hydroxyl groups is 2. The minimum absolute atomic E-state index is 0.0379. The maximum absolute atomic E-state index is 11.7. The van der Waals surface area contributed by atoms with Crippen LogP contribution in [-0.2, 0) is 0 Å². The SMILES string of the molecule is O=C(NCCNC1CC1)c1cc(O)ccc1O. The van der Waals surface area contributed by atoms with E-state index in [2.05, 4.69) is 10.6 Å². The van der Waals surface area contributed by atoms with Gasteiger partial charge in [0.05, 0.1) is 5.56 Å². The van der Waals surface area contributed by atoms with E-state index in [0.29, 0.717) is 12.6 Å². The van der Waals surface area contributed by atoms with Crippen LogP contribution in [-0.4, -0.2) is 35.3 Å². The van der Waals surface area contributed by atoms with Gasteiger partial charge in [0, 0.05) is 19.1 Å². The molecular formula is C12H16N2O3. The van der Waals surface area contributed by atoms with Crippen LogP contribution in [0.25, 0.3) is 0 Å². The molecule has 1 aliphatic carbocycles. The van der Waals surface area contributed by atoms with E-state index in [1.165, 1.54) is 31.0 Å². The number of hydrogen-bond donors (Lipinski definition) is 4. The number of nitrogens with one attached hydrogen (secondary N) is 2. The summed E-state index contributed by atoms with van der Waals surface area (Å²) in [6.45, 7) is 1.22. The molecule has 0 aliphatic heterocycles. The zero-order chi connectivity index (χ0) is 12.3. The molecule has 4 N–H and O–H groups in total. The summed E-state index contributed by atoms with van der Waals surface area (Å²) >= 11 is 0. The molecular weight excluding hydrogens is 220 g/mol. The topological polar surface area (TPSA) is 81.6 Å². The van der Waals surface area contributed by atoms with Crippen molar-refractivity contribution in [1.82, 2.24) is 10.6 Å². The zero-order valence-corrected chi connectivity index (χ0v) is 9.44. The van der Waals surface area contributed by atoms with Gasteiger partial charge in [-0.25, -0.2) is 0 Å². The van der Waals surface area contributed by atoms with Gasteiger partial charge in [0.15, 0.2) is 0 Å². The normalized spacial score (nSPS) is 14.6. The Labute approximate surface area is 99.5 Å². The van der Waals surface area contributed by atoms with Gasteiger partial charge in [-0.2, -0.15) is 0 Å². The number of phenols is 2. The fraction of sp³-hybridized carbons (Fsp3) is 0.417. The number of benzene rings is 1. The first-order chi connectivity index (χ1) is 8.16. The van der Waals surface area contributed by atoms with Crippen molar-refractivity contribution in [2.45, 2.75) is 18.9 Å². The van der Waals surface area contributed by atoms with Gasteiger partial charge in [-0.1, -0.05) is 0 Å². The van der Waals surface area contributed by atoms with E-state index in [1.54, 1.807) is 0 Å². The Morgan fingerprint density at radius 2 is 2.06 bits per heavy atom. The van der Waals surface area contributed by atoms with Gasteiger partial charge >= 0.3 is 0 Å². The van der Waals surface area contributed by atoms with Crippen LogP contribution in [0, 0.1) is 0 Å². The standard InChI is InChI=1S/C12H16N2O3/c15-9-3-4-11(16)10(7-9)12(17)14-6-5-13-8-1-2-8/h3-4,7-8,13,15-16H,1-2,5-6H2,(H,14,17). The lowest BCUT2D eigenvalue weighted by molar-refractivity contribution is 0.0951. The van der Waals surface area contributed by atoms with Crippen molar-refractivity contribution >= 4 is 5.91 Å². The molecule has 1 saturated carbocycles. The molecule has 1 aromatic rings. The Hall–Kier alpha value is -1.75. The van der Waals surface area contributed by atoms with Crippen molar-refractivity contribution in [2.75, 3.05) is 13.1 Å². The number of carbonyl (C=O) groups is 1. The lowest BCUT2D eigenvalue weighted by Crippen LogP contribution is -2.32. The van der Waals surface area contributed by atoms with Gasteiger partial charge in [-0.15, -0.1) is 0 Å². The minimum atomic E-state index is -0.379. The Morgan fingerprint density at radius 1 is 1.29 bits per heavy atom. The Bertz CT molecular complexity index is 416. The van der Waals surface area contributed by atoms with Crippen LogP contribution in [0.3, 0.4) is 0 Å². The summed E-state index contributed by atoms with van der Waals surface area (Å²) in [5, 5.41) is 24.6. The summed E-state index contributed by atoms with van der Waals surface area (Å²) < 4.78 is 0. The molecule has 0 spiro atoms. The Morgan fingerprint density at radius 3 is 2.76 bits per heavy atom. The molecule has 0 saturated heterocycles. The molecule has 5 heteroatoms. The van der Waals surface area contributed by atoms with E-state index in [4.69, 9.17) is 0 Å². The van der Waals surface area contributed by atoms with Gasteiger partial charge in [0.1, 0.15) is 11.5 Å². The first kappa shape index (κ1) is 11.7. The molecule has 0 heterocycles. The van der Waals surface area contributed by atoms with Gasteiger partial charge in [-0.3, -0.25) is 4.79 Å². The highest BCUT2D eigenvalue weighted by molar-refractivity contribution is 5.97. The predicted octanol–water partition coefficient (Wildman–Crippen LogP) is 0.580. The van der Waals surface area contributed by atoms with Crippen LogP contribution in [0.4, 0.5) is 0 Å². The number of carbonyl (C=O) groups excluding carboxylic acids is 1. The maximum Gasteiger partial charge on any atom is 0.255 e. The average Bonchev–Trinajstić information content (AvgIpc) is 3.11. The van der Waals surface area contributed by atoms with E-state index >= 15 is 0 Å². The molecule has 1 aliphatic rings. The Kier molecular flexibility index (Phi) is 3.49. The molecule has 92 valence electrons. The highest BCUT2D eigenvalue weighted by atomic mass is 16.3. The molecule has 0 unspecified atom stereocenters. The maximum atomic E-state index is 11.7. The smallest absolute Gasteiger partial charge is 0.255 e. The van der Waals surface area contributed by atoms with E-state index in [9.17, 15) is 15.0 Å². The van der Waals surface area contributed by atoms with Crippen molar-refractivity contribution in [3.8, 4) is 11.5 Å². The second-order valence-electron chi connectivity index (χ2n) is 4.19. The van der Waals surface area contributed by atoms with Gasteiger partial charge in [0.25, 0.3) is 5.91 Å². The molecule has 0 radical (unpaired) electrons. The number of phenolic OH excluding ortho intramolecular Hbond substituents is 2. The zero-order valence-electron chi connectivity index (χ0n) is 9.44. The number of rotatable bonds is 5. The molecule has 1 fully saturated rings. The van der Waals surface area contributed by atoms with Crippen molar-refractivity contribution in [2.24, 2.45) is 0 Å². The Balaban J connectivity index is 1.82. The molecule has 2 rings (SSSR count). The number of amides is 1. The molecule has 1 amide bonds. The predicted molar refractivity (Wildman–Crippen MR) is 63.1 cm³/mol. The molecule has 0 bridgehead atoms. The van der Waals surface area contributed by atoms with Crippen LogP contribution in [0.2, 0.25) is 0 Å². The minimum Gasteiger partial charge on any atom is -0.508 e. The van der Waals surface area contributed by atoms with Crippen molar-refractivity contribution in [3.05, 3.63) is 23.8 Å². The summed E-state index contributed by atoms with van der Waals surface area (Å²) in [5.41, 5.74) is 0.0939. The van der Waals surface area contributed by atoms with E-state index in [0.717, 1.165) is 6.54 Å². The van der Waals surface area contributed by atoms with Crippen LogP contribution in [0.15, 0.2) is 18.2 Å². The van der Waals surface area contributed by atoms with Crippen LogP contribution in [0.5, 0.6) is 11.5 Å². The first-order valence-electron chi connectivity index (χ1n) is 5.70. The number of hydrogen-bond acceptors (Lipinski definition) is 4. The fourth-order valence-corrected chi connectivity index (χ4v) is 1.54. The quantitative estimate of drug-likeness (QED) is 0.445. The van der Waals surface area contributed by atoms with E-state index < -0.39 is 0 Å². The summed E-state index contributed by atoms with van der Waals surface area (Å²) in [4.78, 5) is 11.7. The second kappa shape index (κ2) is 5.05. The van der Waals surface area contributed by atoms with Crippen LogP contribution in [0.1, 0.15) is 23.2 Å². The third-order valence-corrected chi connectivity index (χ3v) is 2.65. The third kappa shape index (κ3) is 3.35. The highest BCUT2D eigenvalue weighted by Gasteiger charge is 2.19. The van der Waals surface area contributed by atoms with E-state index in [-0.39, 0.29) is 23.0 Å². The largest absolute Gasteiger partial charge is 0.508 e. The lowest BCUT2D eigenvalue weighted by Gasteiger charge is -2.07. The molecule has 0 atom stereocenters. The molecule has 0 aromatic heterocycles. The van der Waals surface area contributed by atoms with Crippen LogP contribution < -0.4 is 10.6 Å². The summed E-state index contributed by atoms with van der Waals surface area (Å²) in [5.74, 6) is -0.546. The lowest BCUT2D eigenvalue weighted by atomic mass is 10.2. The molecule has 5 nitrogen and oxygen atoms in total. The summed E-state index contributed by atoms with van der Waals surface area (Å²) in [7, 11) is 0. The van der Waals surface area contributed by atoms with Crippen molar-refractivity contribution in [1.29, 1.82) is 0 Å². The highest BCUT2D eigenvalue weighted by Crippen LogP contribution is 2.21. The molecule has 17 heavy (non-hydrogen) atoms. The van der Waals surface area contributed by atoms with Gasteiger partial charge in [-0.05, 0) is 31.0 Å². The third-order valence-electron chi connectivity index (χ3n) is 2.65. The van der Waals surface area contributed by atoms with Crippen molar-refractivity contribution in [3.63, 3.8) is 0 Å². The van der Waals surface area contributed by atoms with Gasteiger partial charge < -0.3 is 20.8 Å². The summed E-state index contributed by atoms with van der Waals surface area (Å²) in [6, 6.07) is 4.49. The average molecular weight is 236 g/mol. The van der Waals surface area contributed by atoms with Gasteiger partial charge in [0.2, 0.25) is 0 Å².